The Morgan fingerprint density at radius 3 is 2.11 bits per heavy atom. The number of halogens is 1. The van der Waals surface area contributed by atoms with Gasteiger partial charge in [-0.3, -0.25) is 9.59 Å². The molecule has 0 spiro atoms. The summed E-state index contributed by atoms with van der Waals surface area (Å²) < 4.78 is 26.9. The fourth-order valence-electron chi connectivity index (χ4n) is 3.21. The first kappa shape index (κ1) is 25.7. The summed E-state index contributed by atoms with van der Waals surface area (Å²) >= 11 is 6.09. The molecule has 0 aliphatic heterocycles. The van der Waals surface area contributed by atoms with Crippen LogP contribution in [-0.2, 0) is 20.7 Å². The zero-order chi connectivity index (χ0) is 25.4. The van der Waals surface area contributed by atoms with Gasteiger partial charge < -0.3 is 29.0 Å². The van der Waals surface area contributed by atoms with Gasteiger partial charge in [-0.1, -0.05) is 29.3 Å². The number of benzene rings is 3. The average Bonchev–Trinajstić information content (AvgIpc) is 2.85. The molecule has 0 saturated carbocycles. The molecule has 0 aliphatic carbocycles. The molecule has 1 N–H and O–H groups in total. The number of amides is 1. The summed E-state index contributed by atoms with van der Waals surface area (Å²) in [6.07, 6.45) is -0.0943. The largest absolute Gasteiger partial charge is 0.493 e. The molecule has 0 aliphatic rings. The van der Waals surface area contributed by atoms with Crippen molar-refractivity contribution >= 4 is 29.2 Å². The molecule has 0 saturated heterocycles. The van der Waals surface area contributed by atoms with Crippen LogP contribution in [0, 0.1) is 6.92 Å². The Kier molecular flexibility index (Phi) is 8.80. The van der Waals surface area contributed by atoms with E-state index in [1.165, 1.54) is 21.3 Å². The quantitative estimate of drug-likeness (QED) is 0.384. The first-order chi connectivity index (χ1) is 16.8. The molecular weight excluding hydrogens is 474 g/mol. The minimum absolute atomic E-state index is 0.0943. The first-order valence-electron chi connectivity index (χ1n) is 10.6. The van der Waals surface area contributed by atoms with Crippen molar-refractivity contribution < 1.29 is 33.3 Å². The molecular formula is C26H26ClNO7. The second-order valence-electron chi connectivity index (χ2n) is 7.47. The lowest BCUT2D eigenvalue weighted by molar-refractivity contribution is -0.146. The molecule has 0 unspecified atom stereocenters. The summed E-state index contributed by atoms with van der Waals surface area (Å²) in [5.41, 5.74) is 2.02. The molecule has 3 aromatic rings. The monoisotopic (exact) mass is 499 g/mol. The average molecular weight is 500 g/mol. The van der Waals surface area contributed by atoms with Crippen molar-refractivity contribution in [3.05, 3.63) is 70.7 Å². The molecule has 3 aromatic carbocycles. The zero-order valence-corrected chi connectivity index (χ0v) is 20.6. The van der Waals surface area contributed by atoms with Crippen LogP contribution in [0.2, 0.25) is 5.02 Å². The van der Waals surface area contributed by atoms with Gasteiger partial charge >= 0.3 is 5.97 Å². The van der Waals surface area contributed by atoms with Crippen LogP contribution in [0.25, 0.3) is 0 Å². The maximum absolute atomic E-state index is 12.5. The number of hydrogen-bond acceptors (Lipinski definition) is 7. The fraction of sp³-hybridized carbons (Fsp3) is 0.231. The predicted octanol–water partition coefficient (Wildman–Crippen LogP) is 5.19. The summed E-state index contributed by atoms with van der Waals surface area (Å²) in [4.78, 5) is 24.8. The van der Waals surface area contributed by atoms with Crippen molar-refractivity contribution in [2.24, 2.45) is 0 Å². The maximum atomic E-state index is 12.5. The van der Waals surface area contributed by atoms with Gasteiger partial charge in [-0.05, 0) is 55.0 Å². The first-order valence-corrected chi connectivity index (χ1v) is 11.0. The number of carbonyl (C=O) groups is 2. The Balaban J connectivity index is 1.62. The number of hydrogen-bond donors (Lipinski definition) is 1. The van der Waals surface area contributed by atoms with Gasteiger partial charge in [0.05, 0.1) is 33.4 Å². The Labute approximate surface area is 208 Å². The summed E-state index contributed by atoms with van der Waals surface area (Å²) in [7, 11) is 4.46. The van der Waals surface area contributed by atoms with E-state index in [0.717, 1.165) is 5.56 Å². The summed E-state index contributed by atoms with van der Waals surface area (Å²) in [6, 6.07) is 15.6. The SMILES string of the molecule is COc1cc(CC(=O)OCC(=O)Nc2cc(Cl)ccc2Oc2ccc(C)cc2)cc(OC)c1OC. The third-order valence-electron chi connectivity index (χ3n) is 4.90. The molecule has 0 fully saturated rings. The van der Waals surface area contributed by atoms with E-state index >= 15 is 0 Å². The molecule has 0 bridgehead atoms. The lowest BCUT2D eigenvalue weighted by Crippen LogP contribution is -2.22. The number of ether oxygens (including phenoxy) is 5. The zero-order valence-electron chi connectivity index (χ0n) is 19.8. The number of nitrogens with one attached hydrogen (secondary N) is 1. The van der Waals surface area contributed by atoms with E-state index in [1.54, 1.807) is 30.3 Å². The van der Waals surface area contributed by atoms with Crippen molar-refractivity contribution in [3.63, 3.8) is 0 Å². The Hall–Kier alpha value is -3.91. The van der Waals surface area contributed by atoms with Crippen LogP contribution < -0.4 is 24.3 Å². The molecule has 35 heavy (non-hydrogen) atoms. The Bertz CT molecular complexity index is 1170. The van der Waals surface area contributed by atoms with Gasteiger partial charge in [0.1, 0.15) is 5.75 Å². The smallest absolute Gasteiger partial charge is 0.310 e. The van der Waals surface area contributed by atoms with Crippen LogP contribution in [0.3, 0.4) is 0 Å². The van der Waals surface area contributed by atoms with Crippen LogP contribution in [0.5, 0.6) is 28.7 Å². The third-order valence-corrected chi connectivity index (χ3v) is 5.14. The van der Waals surface area contributed by atoms with Crippen LogP contribution in [0.15, 0.2) is 54.6 Å². The number of carbonyl (C=O) groups excluding carboxylic acids is 2. The topological polar surface area (TPSA) is 92.3 Å². The van der Waals surface area contributed by atoms with Gasteiger partial charge in [-0.25, -0.2) is 0 Å². The molecule has 0 aromatic heterocycles. The highest BCUT2D eigenvalue weighted by atomic mass is 35.5. The van der Waals surface area contributed by atoms with E-state index in [1.807, 2.05) is 31.2 Å². The highest BCUT2D eigenvalue weighted by molar-refractivity contribution is 6.31. The van der Waals surface area contributed by atoms with E-state index in [-0.39, 0.29) is 6.42 Å². The van der Waals surface area contributed by atoms with E-state index < -0.39 is 18.5 Å². The second kappa shape index (κ2) is 12.0. The summed E-state index contributed by atoms with van der Waals surface area (Å²) in [5.74, 6) is 1.09. The van der Waals surface area contributed by atoms with Gasteiger partial charge in [-0.15, -0.1) is 0 Å². The van der Waals surface area contributed by atoms with Crippen LogP contribution in [0.1, 0.15) is 11.1 Å². The lowest BCUT2D eigenvalue weighted by Gasteiger charge is -2.14. The predicted molar refractivity (Wildman–Crippen MR) is 132 cm³/mol. The van der Waals surface area contributed by atoms with Gasteiger partial charge in [0.2, 0.25) is 5.75 Å². The van der Waals surface area contributed by atoms with Gasteiger partial charge in [0, 0.05) is 5.02 Å². The van der Waals surface area contributed by atoms with E-state index in [4.69, 9.17) is 35.3 Å². The van der Waals surface area contributed by atoms with Crippen molar-refractivity contribution in [2.45, 2.75) is 13.3 Å². The molecule has 0 atom stereocenters. The minimum Gasteiger partial charge on any atom is -0.493 e. The lowest BCUT2D eigenvalue weighted by atomic mass is 10.1. The highest BCUT2D eigenvalue weighted by Crippen LogP contribution is 2.38. The summed E-state index contributed by atoms with van der Waals surface area (Å²) in [5, 5.41) is 3.08. The van der Waals surface area contributed by atoms with Crippen molar-refractivity contribution in [3.8, 4) is 28.7 Å². The van der Waals surface area contributed by atoms with Gasteiger partial charge in [0.25, 0.3) is 5.91 Å². The standard InChI is InChI=1S/C26H26ClNO7/c1-16-5-8-19(9-6-16)35-21-10-7-18(27)14-20(21)28-24(29)15-34-25(30)13-17-11-22(31-2)26(33-4)23(12-17)32-3/h5-12,14H,13,15H2,1-4H3,(H,28,29). The van der Waals surface area contributed by atoms with Gasteiger partial charge in [-0.2, -0.15) is 0 Å². The molecule has 9 heteroatoms. The Morgan fingerprint density at radius 1 is 0.857 bits per heavy atom. The fourth-order valence-corrected chi connectivity index (χ4v) is 3.38. The van der Waals surface area contributed by atoms with Crippen molar-refractivity contribution in [2.75, 3.05) is 33.3 Å². The second-order valence-corrected chi connectivity index (χ2v) is 7.91. The molecule has 8 nitrogen and oxygen atoms in total. The van der Waals surface area contributed by atoms with E-state index in [9.17, 15) is 9.59 Å². The maximum Gasteiger partial charge on any atom is 0.310 e. The van der Waals surface area contributed by atoms with Crippen LogP contribution >= 0.6 is 11.6 Å². The summed E-state index contributed by atoms with van der Waals surface area (Å²) in [6.45, 7) is 1.49. The third kappa shape index (κ3) is 7.04. The Morgan fingerprint density at radius 2 is 1.51 bits per heavy atom. The number of methoxy groups -OCH3 is 3. The van der Waals surface area contributed by atoms with Gasteiger partial charge in [0.15, 0.2) is 23.9 Å². The molecule has 0 heterocycles. The minimum atomic E-state index is -0.600. The highest BCUT2D eigenvalue weighted by Gasteiger charge is 2.17. The van der Waals surface area contributed by atoms with Crippen molar-refractivity contribution in [1.82, 2.24) is 0 Å². The molecule has 0 radical (unpaired) electrons. The van der Waals surface area contributed by atoms with E-state index in [0.29, 0.717) is 45.0 Å². The number of anilines is 1. The molecule has 184 valence electrons. The van der Waals surface area contributed by atoms with Crippen LogP contribution in [-0.4, -0.2) is 39.8 Å². The molecule has 3 rings (SSSR count). The number of rotatable bonds is 10. The molecule has 1 amide bonds. The normalized spacial score (nSPS) is 10.3. The van der Waals surface area contributed by atoms with Crippen molar-refractivity contribution in [1.29, 1.82) is 0 Å². The van der Waals surface area contributed by atoms with E-state index in [2.05, 4.69) is 5.32 Å². The van der Waals surface area contributed by atoms with Crippen LogP contribution in [0.4, 0.5) is 5.69 Å². The number of aryl methyl sites for hydroxylation is 1. The number of esters is 1.